The molecule has 5 aromatic heterocycles. The maximum Gasteiger partial charge on any atom is 0.161 e. The molecule has 0 spiro atoms. The van der Waals surface area contributed by atoms with Crippen molar-refractivity contribution >= 4 is 22.1 Å². The lowest BCUT2D eigenvalue weighted by atomic mass is 9.98. The van der Waals surface area contributed by atoms with Gasteiger partial charge in [-0.25, -0.2) is 14.4 Å². The highest BCUT2D eigenvalue weighted by atomic mass is 19.1. The molecule has 1 fully saturated rings. The molecule has 0 amide bonds. The van der Waals surface area contributed by atoms with Crippen molar-refractivity contribution in [3.63, 3.8) is 0 Å². The lowest BCUT2D eigenvalue weighted by Crippen LogP contribution is -2.19. The molecule has 7 rings (SSSR count). The van der Waals surface area contributed by atoms with Gasteiger partial charge in [-0.15, -0.1) is 0 Å². The van der Waals surface area contributed by atoms with Crippen LogP contribution in [0.3, 0.4) is 0 Å². The number of imidazole rings is 1. The van der Waals surface area contributed by atoms with Crippen LogP contribution in [0.15, 0.2) is 61.2 Å². The number of nitrogens with zero attached hydrogens (tertiary/aromatic N) is 6. The van der Waals surface area contributed by atoms with Crippen LogP contribution in [0.25, 0.3) is 56.0 Å². The van der Waals surface area contributed by atoms with Crippen LogP contribution in [-0.2, 0) is 0 Å². The lowest BCUT2D eigenvalue weighted by molar-refractivity contribution is 0.154. The highest BCUT2D eigenvalue weighted by molar-refractivity contribution is 5.96. The molecule has 0 atom stereocenters. The molecule has 1 saturated carbocycles. The summed E-state index contributed by atoms with van der Waals surface area (Å²) in [4.78, 5) is 24.0. The second-order valence-electron chi connectivity index (χ2n) is 11.4. The number of hydrogen-bond acceptors (Lipinski definition) is 8. The van der Waals surface area contributed by atoms with Gasteiger partial charge in [0.1, 0.15) is 29.4 Å². The van der Waals surface area contributed by atoms with Crippen LogP contribution < -0.4 is 9.47 Å². The Labute approximate surface area is 253 Å². The number of hydrogen-bond donors (Lipinski definition) is 2. The van der Waals surface area contributed by atoms with Gasteiger partial charge in [0.2, 0.25) is 0 Å². The van der Waals surface area contributed by atoms with Crippen LogP contribution in [0.4, 0.5) is 4.39 Å². The van der Waals surface area contributed by atoms with Gasteiger partial charge in [-0.2, -0.15) is 5.10 Å². The Morgan fingerprint density at radius 3 is 2.57 bits per heavy atom. The maximum atomic E-state index is 14.6. The van der Waals surface area contributed by atoms with E-state index >= 15 is 0 Å². The van der Waals surface area contributed by atoms with Crippen LogP contribution in [0.2, 0.25) is 0 Å². The molecule has 6 aromatic rings. The first-order valence-corrected chi connectivity index (χ1v) is 14.9. The van der Waals surface area contributed by atoms with Crippen molar-refractivity contribution in [3.8, 4) is 45.4 Å². The summed E-state index contributed by atoms with van der Waals surface area (Å²) in [6, 6.07) is 10.5. The molecule has 1 aromatic carbocycles. The molecular formula is C33H33FN8O2. The number of pyridine rings is 3. The normalized spacial score (nSPS) is 14.1. The second kappa shape index (κ2) is 12.0. The van der Waals surface area contributed by atoms with Gasteiger partial charge in [-0.1, -0.05) is 6.42 Å². The number of aromatic nitrogens is 7. The minimum atomic E-state index is -0.396. The van der Waals surface area contributed by atoms with Gasteiger partial charge in [-0.3, -0.25) is 15.1 Å². The molecule has 2 N–H and O–H groups in total. The molecule has 44 heavy (non-hydrogen) atoms. The van der Waals surface area contributed by atoms with Gasteiger partial charge in [0, 0.05) is 36.1 Å². The van der Waals surface area contributed by atoms with E-state index in [0.717, 1.165) is 41.9 Å². The third kappa shape index (κ3) is 5.83. The first-order chi connectivity index (χ1) is 21.5. The van der Waals surface area contributed by atoms with Crippen LogP contribution in [0.5, 0.6) is 11.5 Å². The first-order valence-electron chi connectivity index (χ1n) is 14.9. The summed E-state index contributed by atoms with van der Waals surface area (Å²) in [5.41, 5.74) is 6.25. The quantitative estimate of drug-likeness (QED) is 0.198. The van der Waals surface area contributed by atoms with Crippen molar-refractivity contribution in [3.05, 3.63) is 67.0 Å². The van der Waals surface area contributed by atoms with Crippen molar-refractivity contribution in [1.82, 2.24) is 40.0 Å². The summed E-state index contributed by atoms with van der Waals surface area (Å²) in [7, 11) is 3.92. The Morgan fingerprint density at radius 1 is 0.864 bits per heavy atom. The van der Waals surface area contributed by atoms with E-state index in [1.54, 1.807) is 24.8 Å². The van der Waals surface area contributed by atoms with Crippen molar-refractivity contribution in [2.24, 2.45) is 0 Å². The van der Waals surface area contributed by atoms with Gasteiger partial charge < -0.3 is 19.4 Å². The molecule has 1 aliphatic carbocycles. The highest BCUT2D eigenvalue weighted by Crippen LogP contribution is 2.33. The molecule has 5 heterocycles. The third-order valence-corrected chi connectivity index (χ3v) is 7.88. The Balaban J connectivity index is 1.21. The largest absolute Gasteiger partial charge is 0.492 e. The number of halogens is 1. The fourth-order valence-electron chi connectivity index (χ4n) is 5.63. The summed E-state index contributed by atoms with van der Waals surface area (Å²) in [5.74, 6) is 1.33. The number of likely N-dealkylation sites (N-methyl/N-ethyl adjacent to an activating group) is 1. The Kier molecular flexibility index (Phi) is 7.61. The smallest absolute Gasteiger partial charge is 0.161 e. The number of rotatable bonds is 9. The summed E-state index contributed by atoms with van der Waals surface area (Å²) in [5, 5.41) is 7.61. The van der Waals surface area contributed by atoms with E-state index in [9.17, 15) is 4.39 Å². The standard InChI is InChI=1S/C33H33FN8O2/c1-42(2)10-11-43-24-13-20(12-22(34)15-24)26-18-36-19-29-30(26)39-33(38-29)32-31-28(40-41-32)9-8-27(37-31)21-14-25(17-35-16-21)44-23-6-4-3-5-7-23/h8-9,12-19,23H,3-7,10-11H2,1-2H3,(H,38,39)(H,40,41). The van der Waals surface area contributed by atoms with Gasteiger partial charge in [0.25, 0.3) is 0 Å². The predicted octanol–water partition coefficient (Wildman–Crippen LogP) is 6.42. The van der Waals surface area contributed by atoms with E-state index in [0.29, 0.717) is 51.6 Å². The molecule has 0 saturated heterocycles. The van der Waals surface area contributed by atoms with E-state index in [2.05, 4.69) is 25.1 Å². The van der Waals surface area contributed by atoms with Crippen molar-refractivity contribution in [2.45, 2.75) is 38.2 Å². The Bertz CT molecular complexity index is 1930. The number of benzene rings is 1. The lowest BCUT2D eigenvalue weighted by Gasteiger charge is -2.22. The molecule has 0 unspecified atom stereocenters. The average Bonchev–Trinajstić information content (AvgIpc) is 3.65. The molecule has 0 radical (unpaired) electrons. The molecule has 224 valence electrons. The van der Waals surface area contributed by atoms with Crippen LogP contribution >= 0.6 is 0 Å². The fraction of sp³-hybridized carbons (Fsp3) is 0.303. The molecule has 11 heteroatoms. The first kappa shape index (κ1) is 27.9. The number of fused-ring (bicyclic) bond motifs is 2. The minimum absolute atomic E-state index is 0.235. The predicted molar refractivity (Wildman–Crippen MR) is 167 cm³/mol. The van der Waals surface area contributed by atoms with Crippen molar-refractivity contribution in [1.29, 1.82) is 0 Å². The van der Waals surface area contributed by atoms with E-state index < -0.39 is 5.82 Å². The zero-order chi connectivity index (χ0) is 30.0. The monoisotopic (exact) mass is 592 g/mol. The van der Waals surface area contributed by atoms with Crippen molar-refractivity contribution < 1.29 is 13.9 Å². The average molecular weight is 593 g/mol. The van der Waals surface area contributed by atoms with Gasteiger partial charge in [-0.05, 0) is 75.7 Å². The summed E-state index contributed by atoms with van der Waals surface area (Å²) < 4.78 is 26.7. The van der Waals surface area contributed by atoms with Crippen LogP contribution in [0.1, 0.15) is 32.1 Å². The van der Waals surface area contributed by atoms with E-state index in [-0.39, 0.29) is 6.10 Å². The SMILES string of the molecule is CN(C)CCOc1cc(F)cc(-c2cncc3[nH]c(-c4n[nH]c5ccc(-c6cncc(OC7CCCCC7)c6)nc45)nc23)c1. The zero-order valence-corrected chi connectivity index (χ0v) is 24.7. The van der Waals surface area contributed by atoms with Crippen molar-refractivity contribution in [2.75, 3.05) is 27.2 Å². The summed E-state index contributed by atoms with van der Waals surface area (Å²) >= 11 is 0. The molecule has 10 nitrogen and oxygen atoms in total. The number of nitrogens with one attached hydrogen (secondary N) is 2. The van der Waals surface area contributed by atoms with Gasteiger partial charge in [0.15, 0.2) is 11.5 Å². The third-order valence-electron chi connectivity index (χ3n) is 7.88. The molecule has 0 aliphatic heterocycles. The number of H-pyrrole nitrogens is 2. The second-order valence-corrected chi connectivity index (χ2v) is 11.4. The number of ether oxygens (including phenoxy) is 2. The summed E-state index contributed by atoms with van der Waals surface area (Å²) in [6.07, 6.45) is 13.0. The van der Waals surface area contributed by atoms with E-state index in [1.807, 2.05) is 43.3 Å². The fourth-order valence-corrected chi connectivity index (χ4v) is 5.63. The van der Waals surface area contributed by atoms with E-state index in [4.69, 9.17) is 19.4 Å². The van der Waals surface area contributed by atoms with Crippen LogP contribution in [0, 0.1) is 5.82 Å². The summed E-state index contributed by atoms with van der Waals surface area (Å²) in [6.45, 7) is 1.16. The Morgan fingerprint density at radius 2 is 1.70 bits per heavy atom. The number of aromatic amines is 2. The van der Waals surface area contributed by atoms with Crippen LogP contribution in [-0.4, -0.2) is 73.4 Å². The molecule has 1 aliphatic rings. The zero-order valence-electron chi connectivity index (χ0n) is 24.7. The topological polar surface area (TPSA) is 118 Å². The maximum absolute atomic E-state index is 14.6. The van der Waals surface area contributed by atoms with E-state index in [1.165, 1.54) is 31.4 Å². The molecular weight excluding hydrogens is 559 g/mol. The van der Waals surface area contributed by atoms with Gasteiger partial charge >= 0.3 is 0 Å². The minimum Gasteiger partial charge on any atom is -0.492 e. The Hall–Kier alpha value is -4.90. The molecule has 0 bridgehead atoms. The highest BCUT2D eigenvalue weighted by Gasteiger charge is 2.19. The van der Waals surface area contributed by atoms with Gasteiger partial charge in [0.05, 0.1) is 40.7 Å².